The molecule has 1 N–H and O–H groups in total. The number of hydrogen-bond donors (Lipinski definition) is 1. The lowest BCUT2D eigenvalue weighted by Gasteiger charge is -2.50. The van der Waals surface area contributed by atoms with Crippen molar-refractivity contribution in [1.82, 2.24) is 5.32 Å². The first-order chi connectivity index (χ1) is 6.77. The minimum atomic E-state index is 0.717. The molecular weight excluding hydrogens is 170 g/mol. The molecule has 2 rings (SSSR count). The summed E-state index contributed by atoms with van der Waals surface area (Å²) in [5.74, 6) is 2.04. The summed E-state index contributed by atoms with van der Waals surface area (Å²) < 4.78 is 0. The molecule has 0 aliphatic heterocycles. The molecule has 0 unspecified atom stereocenters. The molecule has 14 heavy (non-hydrogen) atoms. The summed E-state index contributed by atoms with van der Waals surface area (Å²) in [5, 5.41) is 3.42. The second-order valence-corrected chi connectivity index (χ2v) is 5.70. The molecule has 0 radical (unpaired) electrons. The van der Waals surface area contributed by atoms with E-state index in [0.717, 1.165) is 17.3 Å². The highest BCUT2D eigenvalue weighted by Gasteiger charge is 2.43. The minimum absolute atomic E-state index is 0.717. The van der Waals surface area contributed by atoms with E-state index < -0.39 is 0 Å². The van der Waals surface area contributed by atoms with Crippen LogP contribution >= 0.6 is 0 Å². The van der Waals surface area contributed by atoms with E-state index in [-0.39, 0.29) is 0 Å². The van der Waals surface area contributed by atoms with Gasteiger partial charge < -0.3 is 5.32 Å². The predicted molar refractivity (Wildman–Crippen MR) is 61.3 cm³/mol. The van der Waals surface area contributed by atoms with Crippen LogP contribution in [0.1, 0.15) is 51.9 Å². The van der Waals surface area contributed by atoms with Crippen LogP contribution in [0.15, 0.2) is 0 Å². The number of nitrogens with one attached hydrogen (secondary N) is 1. The Morgan fingerprint density at radius 3 is 2.21 bits per heavy atom. The van der Waals surface area contributed by atoms with Crippen molar-refractivity contribution in [2.75, 3.05) is 13.6 Å². The Hall–Kier alpha value is -0.0400. The zero-order valence-electron chi connectivity index (χ0n) is 9.81. The van der Waals surface area contributed by atoms with Crippen LogP contribution in [0, 0.1) is 17.3 Å². The van der Waals surface area contributed by atoms with Crippen LogP contribution in [0.5, 0.6) is 0 Å². The van der Waals surface area contributed by atoms with E-state index >= 15 is 0 Å². The zero-order chi connectivity index (χ0) is 10.0. The lowest BCUT2D eigenvalue weighted by Crippen LogP contribution is -2.45. The van der Waals surface area contributed by atoms with Crippen molar-refractivity contribution in [2.24, 2.45) is 17.3 Å². The summed E-state index contributed by atoms with van der Waals surface area (Å²) in [7, 11) is 2.12. The second-order valence-electron chi connectivity index (χ2n) is 5.70. The molecule has 1 heteroatoms. The molecular formula is C13H25N. The Morgan fingerprint density at radius 2 is 1.79 bits per heavy atom. The quantitative estimate of drug-likeness (QED) is 0.729. The van der Waals surface area contributed by atoms with E-state index in [0.29, 0.717) is 0 Å². The standard InChI is InChI=1S/C13H25N/c1-11-4-6-12(7-5-11)13(10-14-2)8-3-9-13/h11-12,14H,3-10H2,1-2H3. The average molecular weight is 195 g/mol. The molecule has 2 saturated carbocycles. The van der Waals surface area contributed by atoms with Gasteiger partial charge in [0.1, 0.15) is 0 Å². The van der Waals surface area contributed by atoms with Crippen LogP contribution in [0.2, 0.25) is 0 Å². The first-order valence-electron chi connectivity index (χ1n) is 6.41. The van der Waals surface area contributed by atoms with Gasteiger partial charge in [-0.3, -0.25) is 0 Å². The zero-order valence-corrected chi connectivity index (χ0v) is 9.81. The van der Waals surface area contributed by atoms with Gasteiger partial charge >= 0.3 is 0 Å². The molecule has 0 bridgehead atoms. The molecule has 0 amide bonds. The van der Waals surface area contributed by atoms with Gasteiger partial charge in [-0.2, -0.15) is 0 Å². The highest BCUT2D eigenvalue weighted by molar-refractivity contribution is 4.96. The van der Waals surface area contributed by atoms with Gasteiger partial charge in [-0.25, -0.2) is 0 Å². The average Bonchev–Trinajstić information content (AvgIpc) is 2.13. The molecule has 0 aromatic heterocycles. The van der Waals surface area contributed by atoms with Crippen LogP contribution in [-0.2, 0) is 0 Å². The smallest absolute Gasteiger partial charge is 0.000746 e. The fraction of sp³-hybridized carbons (Fsp3) is 1.00. The summed E-state index contributed by atoms with van der Waals surface area (Å²) in [6.07, 6.45) is 10.4. The van der Waals surface area contributed by atoms with Crippen molar-refractivity contribution >= 4 is 0 Å². The van der Waals surface area contributed by atoms with Crippen molar-refractivity contribution in [3.63, 3.8) is 0 Å². The van der Waals surface area contributed by atoms with E-state index in [9.17, 15) is 0 Å². The maximum Gasteiger partial charge on any atom is 0.000746 e. The highest BCUT2D eigenvalue weighted by atomic mass is 14.8. The molecule has 2 aliphatic rings. The Labute approximate surface area is 88.7 Å². The van der Waals surface area contributed by atoms with Crippen LogP contribution in [-0.4, -0.2) is 13.6 Å². The highest BCUT2D eigenvalue weighted by Crippen LogP contribution is 2.52. The number of rotatable bonds is 3. The lowest BCUT2D eigenvalue weighted by atomic mass is 9.57. The van der Waals surface area contributed by atoms with Crippen LogP contribution in [0.3, 0.4) is 0 Å². The molecule has 1 nitrogen and oxygen atoms in total. The molecule has 0 spiro atoms. The molecule has 0 aromatic carbocycles. The summed E-state index contributed by atoms with van der Waals surface area (Å²) in [6, 6.07) is 0. The molecule has 82 valence electrons. The van der Waals surface area contributed by atoms with Crippen molar-refractivity contribution in [2.45, 2.75) is 51.9 Å². The van der Waals surface area contributed by atoms with Gasteiger partial charge in [-0.15, -0.1) is 0 Å². The SMILES string of the molecule is CNCC1(C2CCC(C)CC2)CCC1. The first kappa shape index (κ1) is 10.5. The van der Waals surface area contributed by atoms with Gasteiger partial charge in [-0.05, 0) is 50.0 Å². The Morgan fingerprint density at radius 1 is 1.14 bits per heavy atom. The van der Waals surface area contributed by atoms with E-state index in [4.69, 9.17) is 0 Å². The Kier molecular flexibility index (Phi) is 3.16. The maximum atomic E-state index is 3.42. The van der Waals surface area contributed by atoms with E-state index in [2.05, 4.69) is 19.3 Å². The van der Waals surface area contributed by atoms with Crippen LogP contribution in [0.25, 0.3) is 0 Å². The van der Waals surface area contributed by atoms with Crippen molar-refractivity contribution in [3.8, 4) is 0 Å². The third-order valence-electron chi connectivity index (χ3n) is 4.76. The van der Waals surface area contributed by atoms with E-state index in [1.54, 1.807) is 0 Å². The fourth-order valence-corrected chi connectivity index (χ4v) is 3.58. The predicted octanol–water partition coefficient (Wildman–Crippen LogP) is 3.20. The van der Waals surface area contributed by atoms with Gasteiger partial charge in [0.25, 0.3) is 0 Å². The number of hydrogen-bond acceptors (Lipinski definition) is 1. The summed E-state index contributed by atoms with van der Waals surface area (Å²) >= 11 is 0. The fourth-order valence-electron chi connectivity index (χ4n) is 3.58. The van der Waals surface area contributed by atoms with Gasteiger partial charge in [-0.1, -0.05) is 26.2 Å². The molecule has 2 aliphatic carbocycles. The normalized spacial score (nSPS) is 36.4. The molecule has 2 fully saturated rings. The molecule has 0 aromatic rings. The summed E-state index contributed by atoms with van der Waals surface area (Å²) in [4.78, 5) is 0. The first-order valence-corrected chi connectivity index (χ1v) is 6.41. The van der Waals surface area contributed by atoms with E-state index in [1.165, 1.54) is 51.5 Å². The molecule has 0 saturated heterocycles. The monoisotopic (exact) mass is 195 g/mol. The Balaban J connectivity index is 1.91. The van der Waals surface area contributed by atoms with Crippen molar-refractivity contribution in [1.29, 1.82) is 0 Å². The van der Waals surface area contributed by atoms with E-state index in [1.807, 2.05) is 0 Å². The summed E-state index contributed by atoms with van der Waals surface area (Å²) in [5.41, 5.74) is 0.717. The van der Waals surface area contributed by atoms with Gasteiger partial charge in [0, 0.05) is 6.54 Å². The summed E-state index contributed by atoms with van der Waals surface area (Å²) in [6.45, 7) is 3.69. The second kappa shape index (κ2) is 4.22. The van der Waals surface area contributed by atoms with Gasteiger partial charge in [0.05, 0.1) is 0 Å². The third-order valence-corrected chi connectivity index (χ3v) is 4.76. The topological polar surface area (TPSA) is 12.0 Å². The van der Waals surface area contributed by atoms with Crippen LogP contribution < -0.4 is 5.32 Å². The van der Waals surface area contributed by atoms with Gasteiger partial charge in [0.15, 0.2) is 0 Å². The van der Waals surface area contributed by atoms with Crippen molar-refractivity contribution < 1.29 is 0 Å². The largest absolute Gasteiger partial charge is 0.319 e. The molecule has 0 heterocycles. The molecule has 0 atom stereocenters. The van der Waals surface area contributed by atoms with Gasteiger partial charge in [0.2, 0.25) is 0 Å². The Bertz CT molecular complexity index is 176. The maximum absolute atomic E-state index is 3.42. The lowest BCUT2D eigenvalue weighted by molar-refractivity contribution is 0.0205. The third kappa shape index (κ3) is 1.84. The minimum Gasteiger partial charge on any atom is -0.319 e. The van der Waals surface area contributed by atoms with Crippen LogP contribution in [0.4, 0.5) is 0 Å². The van der Waals surface area contributed by atoms with Crippen molar-refractivity contribution in [3.05, 3.63) is 0 Å².